The van der Waals surface area contributed by atoms with Gasteiger partial charge in [-0.2, -0.15) is 4.31 Å². The van der Waals surface area contributed by atoms with Crippen molar-refractivity contribution in [3.63, 3.8) is 0 Å². The molecule has 0 saturated carbocycles. The number of hydrogen-bond donors (Lipinski definition) is 1. The third-order valence-electron chi connectivity index (χ3n) is 4.11. The van der Waals surface area contributed by atoms with Crippen LogP contribution in [0.5, 0.6) is 0 Å². The van der Waals surface area contributed by atoms with Crippen LogP contribution in [-0.4, -0.2) is 55.3 Å². The average molecular weight is 383 g/mol. The maximum atomic E-state index is 12.7. The summed E-state index contributed by atoms with van der Waals surface area (Å²) in [5.74, 6) is -0.882. The highest BCUT2D eigenvalue weighted by Crippen LogP contribution is 2.24. The zero-order valence-corrected chi connectivity index (χ0v) is 16.3. The van der Waals surface area contributed by atoms with Crippen molar-refractivity contribution in [2.75, 3.05) is 20.7 Å². The maximum absolute atomic E-state index is 12.7. The molecule has 2 heterocycles. The number of nitrogens with one attached hydrogen (secondary N) is 1. The number of aromatic nitrogens is 2. The molecule has 0 aromatic carbocycles. The van der Waals surface area contributed by atoms with Crippen molar-refractivity contribution in [1.82, 2.24) is 14.4 Å². The van der Waals surface area contributed by atoms with Crippen LogP contribution in [0.25, 0.3) is 0 Å². The molecule has 0 bridgehead atoms. The number of hydrogen-bond acceptors (Lipinski definition) is 7. The van der Waals surface area contributed by atoms with Gasteiger partial charge in [0, 0.05) is 12.7 Å². The second kappa shape index (κ2) is 7.04. The van der Waals surface area contributed by atoms with Gasteiger partial charge in [-0.05, 0) is 33.3 Å². The molecule has 0 aliphatic carbocycles. The van der Waals surface area contributed by atoms with Gasteiger partial charge < -0.3 is 14.2 Å². The van der Waals surface area contributed by atoms with Crippen LogP contribution in [0.2, 0.25) is 0 Å². The molecular weight excluding hydrogens is 362 g/mol. The number of methoxy groups -OCH3 is 1. The average Bonchev–Trinajstić information content (AvgIpc) is 3.05. The van der Waals surface area contributed by atoms with Crippen LogP contribution >= 0.6 is 0 Å². The van der Waals surface area contributed by atoms with Crippen molar-refractivity contribution in [2.45, 2.75) is 32.6 Å². The molecule has 1 N–H and O–H groups in total. The molecule has 0 unspecified atom stereocenters. The van der Waals surface area contributed by atoms with Crippen molar-refractivity contribution >= 4 is 21.8 Å². The summed E-state index contributed by atoms with van der Waals surface area (Å²) in [6.45, 7) is 5.84. The molecule has 10 heteroatoms. The Morgan fingerprint density at radius 1 is 1.23 bits per heavy atom. The van der Waals surface area contributed by atoms with Crippen LogP contribution in [0, 0.1) is 27.7 Å². The van der Waals surface area contributed by atoms with Gasteiger partial charge in [0.25, 0.3) is 0 Å². The quantitative estimate of drug-likeness (QED) is 0.593. The molecule has 0 amide bonds. The summed E-state index contributed by atoms with van der Waals surface area (Å²) in [6, 6.07) is 0. The lowest BCUT2D eigenvalue weighted by Crippen LogP contribution is -2.33. The fraction of sp³-hybridized carbons (Fsp3) is 0.438. The van der Waals surface area contributed by atoms with Crippen LogP contribution in [0.1, 0.15) is 43.6 Å². The van der Waals surface area contributed by atoms with Gasteiger partial charge in [-0.1, -0.05) is 5.16 Å². The topological polar surface area (TPSA) is 123 Å². The zero-order chi connectivity index (χ0) is 19.8. The number of Topliss-reactive ketones (excluding diaryl/α,β-unsaturated/α-hetero) is 1. The minimum atomic E-state index is -3.95. The Morgan fingerprint density at radius 2 is 1.85 bits per heavy atom. The normalized spacial score (nSPS) is 11.8. The Hall–Kier alpha value is -2.46. The van der Waals surface area contributed by atoms with E-state index in [1.807, 2.05) is 0 Å². The number of aromatic amines is 1. The molecule has 0 aliphatic heterocycles. The van der Waals surface area contributed by atoms with Crippen LogP contribution < -0.4 is 0 Å². The van der Waals surface area contributed by atoms with E-state index >= 15 is 0 Å². The minimum absolute atomic E-state index is 0.0533. The van der Waals surface area contributed by atoms with Crippen LogP contribution in [0.15, 0.2) is 9.42 Å². The molecule has 0 fully saturated rings. The number of esters is 1. The fourth-order valence-corrected chi connectivity index (χ4v) is 4.21. The lowest BCUT2D eigenvalue weighted by atomic mass is 10.1. The molecule has 2 aromatic rings. The molecule has 0 aliphatic rings. The number of rotatable bonds is 6. The Kier molecular flexibility index (Phi) is 5.38. The summed E-state index contributed by atoms with van der Waals surface area (Å²) in [5.41, 5.74) is 1.56. The number of ketones is 1. The molecule has 0 spiro atoms. The molecule has 142 valence electrons. The van der Waals surface area contributed by atoms with Gasteiger partial charge in [0.15, 0.2) is 11.5 Å². The van der Waals surface area contributed by atoms with E-state index < -0.39 is 28.3 Å². The third kappa shape index (κ3) is 3.29. The highest BCUT2D eigenvalue weighted by atomic mass is 32.2. The van der Waals surface area contributed by atoms with E-state index in [0.29, 0.717) is 11.3 Å². The number of sulfonamides is 1. The summed E-state index contributed by atoms with van der Waals surface area (Å²) < 4.78 is 35.9. The van der Waals surface area contributed by atoms with Crippen LogP contribution in [0.4, 0.5) is 0 Å². The SMILES string of the molecule is COC(=O)c1c(C)[nH]c(C(=O)CN(C)S(=O)(=O)c2c(C)noc2C)c1C. The first kappa shape index (κ1) is 19.9. The Balaban J connectivity index is 2.32. The highest BCUT2D eigenvalue weighted by Gasteiger charge is 2.31. The molecule has 0 atom stereocenters. The summed E-state index contributed by atoms with van der Waals surface area (Å²) in [6.07, 6.45) is 0. The van der Waals surface area contributed by atoms with Crippen LogP contribution in [0.3, 0.4) is 0 Å². The van der Waals surface area contributed by atoms with E-state index in [2.05, 4.69) is 10.1 Å². The Bertz CT molecular complexity index is 951. The number of H-pyrrole nitrogens is 1. The fourth-order valence-electron chi connectivity index (χ4n) is 2.80. The van der Waals surface area contributed by atoms with Gasteiger partial charge in [0.05, 0.1) is 24.9 Å². The first-order valence-electron chi connectivity index (χ1n) is 7.72. The predicted octanol–water partition coefficient (Wildman–Crippen LogP) is 1.53. The molecular formula is C16H21N3O6S. The first-order valence-corrected chi connectivity index (χ1v) is 9.16. The largest absolute Gasteiger partial charge is 0.465 e. The molecule has 2 aromatic heterocycles. The van der Waals surface area contributed by atoms with Gasteiger partial charge >= 0.3 is 5.97 Å². The van der Waals surface area contributed by atoms with Gasteiger partial charge in [0.2, 0.25) is 10.0 Å². The standard InChI is InChI=1S/C16H21N3O6S/c1-8-13(16(21)24-6)9(2)17-14(8)12(20)7-19(5)26(22,23)15-10(3)18-25-11(15)4/h17H,7H2,1-6H3. The lowest BCUT2D eigenvalue weighted by molar-refractivity contribution is 0.0599. The molecule has 0 radical (unpaired) electrons. The van der Waals surface area contributed by atoms with Gasteiger partial charge in [-0.25, -0.2) is 13.2 Å². The number of nitrogens with zero attached hydrogens (tertiary/aromatic N) is 2. The maximum Gasteiger partial charge on any atom is 0.339 e. The number of aryl methyl sites for hydroxylation is 3. The number of carbonyl (C=O) groups is 2. The summed E-state index contributed by atoms with van der Waals surface area (Å²) >= 11 is 0. The molecule has 26 heavy (non-hydrogen) atoms. The van der Waals surface area contributed by atoms with Crippen molar-refractivity contribution in [1.29, 1.82) is 0 Å². The number of ether oxygens (including phenoxy) is 1. The predicted molar refractivity (Wildman–Crippen MR) is 91.7 cm³/mol. The van der Waals surface area contributed by atoms with Crippen molar-refractivity contribution in [2.24, 2.45) is 0 Å². The second-order valence-corrected chi connectivity index (χ2v) is 7.94. The smallest absolute Gasteiger partial charge is 0.339 e. The van der Waals surface area contributed by atoms with E-state index in [9.17, 15) is 18.0 Å². The third-order valence-corrected chi connectivity index (χ3v) is 6.16. The summed E-state index contributed by atoms with van der Waals surface area (Å²) in [4.78, 5) is 27.2. The lowest BCUT2D eigenvalue weighted by Gasteiger charge is -2.16. The Morgan fingerprint density at radius 3 is 2.35 bits per heavy atom. The van der Waals surface area contributed by atoms with Gasteiger partial charge in [0.1, 0.15) is 10.6 Å². The van der Waals surface area contributed by atoms with E-state index in [0.717, 1.165) is 4.31 Å². The number of likely N-dealkylation sites (N-methyl/N-ethyl adjacent to an activating group) is 1. The van der Waals surface area contributed by atoms with E-state index in [4.69, 9.17) is 9.26 Å². The number of carbonyl (C=O) groups excluding carboxylic acids is 2. The Labute approximate surface area is 151 Å². The van der Waals surface area contributed by atoms with Crippen molar-refractivity contribution < 1.29 is 27.3 Å². The highest BCUT2D eigenvalue weighted by molar-refractivity contribution is 7.89. The summed E-state index contributed by atoms with van der Waals surface area (Å²) in [7, 11) is -1.40. The summed E-state index contributed by atoms with van der Waals surface area (Å²) in [5, 5.41) is 3.64. The minimum Gasteiger partial charge on any atom is -0.465 e. The first-order chi connectivity index (χ1) is 12.0. The van der Waals surface area contributed by atoms with Gasteiger partial charge in [-0.15, -0.1) is 0 Å². The van der Waals surface area contributed by atoms with Crippen molar-refractivity contribution in [3.05, 3.63) is 34.0 Å². The van der Waals surface area contributed by atoms with E-state index in [-0.39, 0.29) is 27.6 Å². The van der Waals surface area contributed by atoms with E-state index in [1.165, 1.54) is 28.0 Å². The molecule has 2 rings (SSSR count). The van der Waals surface area contributed by atoms with Crippen LogP contribution in [-0.2, 0) is 14.8 Å². The molecule has 0 saturated heterocycles. The zero-order valence-electron chi connectivity index (χ0n) is 15.5. The molecule has 9 nitrogen and oxygen atoms in total. The van der Waals surface area contributed by atoms with Crippen molar-refractivity contribution in [3.8, 4) is 0 Å². The monoisotopic (exact) mass is 383 g/mol. The second-order valence-electron chi connectivity index (χ2n) is 5.95. The van der Waals surface area contributed by atoms with E-state index in [1.54, 1.807) is 13.8 Å². The van der Waals surface area contributed by atoms with Gasteiger partial charge in [-0.3, -0.25) is 4.79 Å².